The normalized spacial score (nSPS) is 12.7. The van der Waals surface area contributed by atoms with E-state index in [-0.39, 0.29) is 5.02 Å². The first-order valence-electron chi connectivity index (χ1n) is 5.18. The van der Waals surface area contributed by atoms with Crippen LogP contribution in [0.1, 0.15) is 19.3 Å². The van der Waals surface area contributed by atoms with Gasteiger partial charge in [0.25, 0.3) is 0 Å². The van der Waals surface area contributed by atoms with Gasteiger partial charge in [-0.3, -0.25) is 4.21 Å². The summed E-state index contributed by atoms with van der Waals surface area (Å²) in [6.45, 7) is 0.662. The highest BCUT2D eigenvalue weighted by Crippen LogP contribution is 2.18. The summed E-state index contributed by atoms with van der Waals surface area (Å²) in [7, 11) is -1.10. The van der Waals surface area contributed by atoms with Crippen LogP contribution < -0.4 is 5.73 Å². The van der Waals surface area contributed by atoms with Crippen LogP contribution in [0, 0.1) is 5.82 Å². The molecule has 16 heavy (non-hydrogen) atoms. The van der Waals surface area contributed by atoms with Gasteiger partial charge in [0.15, 0.2) is 0 Å². The van der Waals surface area contributed by atoms with E-state index in [0.29, 0.717) is 17.2 Å². The van der Waals surface area contributed by atoms with Gasteiger partial charge in [0.1, 0.15) is 5.82 Å². The topological polar surface area (TPSA) is 43.1 Å². The molecule has 5 heteroatoms. The molecule has 1 aromatic carbocycles. The van der Waals surface area contributed by atoms with Gasteiger partial charge in [-0.05, 0) is 37.6 Å². The molecular weight excluding hydrogens is 249 g/mol. The maximum Gasteiger partial charge on any atom is 0.141 e. The molecule has 0 radical (unpaired) electrons. The highest BCUT2D eigenvalue weighted by Gasteiger charge is 2.06. The maximum atomic E-state index is 12.9. The molecule has 90 valence electrons. The third kappa shape index (κ3) is 4.20. The first-order valence-corrected chi connectivity index (χ1v) is 6.88. The van der Waals surface area contributed by atoms with Gasteiger partial charge in [-0.1, -0.05) is 18.0 Å². The second-order valence-electron chi connectivity index (χ2n) is 3.47. The van der Waals surface area contributed by atoms with Crippen LogP contribution in [0.15, 0.2) is 23.1 Å². The number of nitrogens with two attached hydrogens (primary N) is 1. The predicted octanol–water partition coefficient (Wildman–Crippen LogP) is 2.72. The first kappa shape index (κ1) is 13.6. The summed E-state index contributed by atoms with van der Waals surface area (Å²) in [6, 6.07) is 4.19. The fraction of sp³-hybridized carbons (Fsp3) is 0.455. The van der Waals surface area contributed by atoms with Gasteiger partial charge < -0.3 is 5.73 Å². The van der Waals surface area contributed by atoms with Crippen LogP contribution in [0.5, 0.6) is 0 Å². The largest absolute Gasteiger partial charge is 0.330 e. The molecule has 0 aliphatic carbocycles. The van der Waals surface area contributed by atoms with Crippen LogP contribution in [-0.4, -0.2) is 16.5 Å². The van der Waals surface area contributed by atoms with Crippen LogP contribution >= 0.6 is 11.6 Å². The van der Waals surface area contributed by atoms with E-state index in [1.54, 1.807) is 0 Å². The first-order chi connectivity index (χ1) is 7.65. The third-order valence-electron chi connectivity index (χ3n) is 2.19. The average molecular weight is 264 g/mol. The van der Waals surface area contributed by atoms with Gasteiger partial charge in [0.2, 0.25) is 0 Å². The Morgan fingerprint density at radius 1 is 1.31 bits per heavy atom. The van der Waals surface area contributed by atoms with E-state index in [4.69, 9.17) is 17.3 Å². The number of rotatable bonds is 6. The molecule has 0 bridgehead atoms. The fourth-order valence-electron chi connectivity index (χ4n) is 1.29. The highest BCUT2D eigenvalue weighted by molar-refractivity contribution is 7.85. The number of hydrogen-bond acceptors (Lipinski definition) is 2. The molecule has 0 saturated heterocycles. The van der Waals surface area contributed by atoms with Crippen LogP contribution in [-0.2, 0) is 10.8 Å². The Balaban J connectivity index is 2.50. The van der Waals surface area contributed by atoms with Gasteiger partial charge >= 0.3 is 0 Å². The summed E-state index contributed by atoms with van der Waals surface area (Å²) in [5.74, 6) is 0.0904. The minimum atomic E-state index is -1.10. The molecule has 0 heterocycles. The molecule has 1 rings (SSSR count). The van der Waals surface area contributed by atoms with Crippen molar-refractivity contribution < 1.29 is 8.60 Å². The zero-order chi connectivity index (χ0) is 12.0. The van der Waals surface area contributed by atoms with Gasteiger partial charge in [0, 0.05) is 10.6 Å². The zero-order valence-electron chi connectivity index (χ0n) is 8.92. The standard InChI is InChI=1S/C11H15ClFNOS/c12-10-8-9(4-5-11(10)13)16(15)7-3-1-2-6-14/h4-5,8H,1-3,6-7,14H2. The molecule has 0 aromatic heterocycles. The minimum Gasteiger partial charge on any atom is -0.330 e. The van der Waals surface area contributed by atoms with Crippen molar-refractivity contribution in [2.45, 2.75) is 24.2 Å². The zero-order valence-corrected chi connectivity index (χ0v) is 10.5. The lowest BCUT2D eigenvalue weighted by Gasteiger charge is -2.03. The summed E-state index contributed by atoms with van der Waals surface area (Å²) >= 11 is 5.62. The van der Waals surface area contributed by atoms with Crippen molar-refractivity contribution in [3.63, 3.8) is 0 Å². The van der Waals surface area contributed by atoms with E-state index in [1.807, 2.05) is 0 Å². The molecule has 0 aliphatic heterocycles. The monoisotopic (exact) mass is 263 g/mol. The SMILES string of the molecule is NCCCCCS(=O)c1ccc(F)c(Cl)c1. The molecule has 2 nitrogen and oxygen atoms in total. The molecule has 1 unspecified atom stereocenters. The van der Waals surface area contributed by atoms with E-state index < -0.39 is 16.6 Å². The summed E-state index contributed by atoms with van der Waals surface area (Å²) in [5.41, 5.74) is 5.36. The Kier molecular flexibility index (Phi) is 5.95. The Morgan fingerprint density at radius 3 is 2.69 bits per heavy atom. The summed E-state index contributed by atoms with van der Waals surface area (Å²) < 4.78 is 24.6. The number of benzene rings is 1. The van der Waals surface area contributed by atoms with Crippen molar-refractivity contribution in [1.29, 1.82) is 0 Å². The Labute approximate surface area is 102 Å². The second kappa shape index (κ2) is 6.99. The van der Waals surface area contributed by atoms with Crippen molar-refractivity contribution in [1.82, 2.24) is 0 Å². The Hall–Kier alpha value is -0.450. The van der Waals surface area contributed by atoms with Crippen molar-refractivity contribution in [3.8, 4) is 0 Å². The highest BCUT2D eigenvalue weighted by atomic mass is 35.5. The minimum absolute atomic E-state index is 0.0211. The predicted molar refractivity (Wildman–Crippen MR) is 65.6 cm³/mol. The molecule has 0 amide bonds. The molecule has 0 spiro atoms. The quantitative estimate of drug-likeness (QED) is 0.802. The molecule has 1 atom stereocenters. The smallest absolute Gasteiger partial charge is 0.141 e. The summed E-state index contributed by atoms with van der Waals surface area (Å²) in [4.78, 5) is 0.583. The number of unbranched alkanes of at least 4 members (excludes halogenated alkanes) is 2. The van der Waals surface area contributed by atoms with Gasteiger partial charge in [0.05, 0.1) is 15.8 Å². The Morgan fingerprint density at radius 2 is 2.06 bits per heavy atom. The fourth-order valence-corrected chi connectivity index (χ4v) is 2.71. The van der Waals surface area contributed by atoms with Gasteiger partial charge in [-0.15, -0.1) is 0 Å². The number of hydrogen-bond donors (Lipinski definition) is 1. The Bertz CT molecular complexity index is 373. The lowest BCUT2D eigenvalue weighted by molar-refractivity contribution is 0.626. The van der Waals surface area contributed by atoms with Gasteiger partial charge in [-0.25, -0.2) is 4.39 Å². The maximum absolute atomic E-state index is 12.9. The van der Waals surface area contributed by atoms with E-state index in [9.17, 15) is 8.60 Å². The summed E-state index contributed by atoms with van der Waals surface area (Å²) in [6.07, 6.45) is 2.78. The molecular formula is C11H15ClFNOS. The average Bonchev–Trinajstić information content (AvgIpc) is 2.28. The van der Waals surface area contributed by atoms with Crippen molar-refractivity contribution in [2.75, 3.05) is 12.3 Å². The van der Waals surface area contributed by atoms with Crippen LogP contribution in [0.3, 0.4) is 0 Å². The molecule has 0 aliphatic rings. The van der Waals surface area contributed by atoms with Crippen molar-refractivity contribution in [2.24, 2.45) is 5.73 Å². The van der Waals surface area contributed by atoms with Crippen molar-refractivity contribution in [3.05, 3.63) is 29.0 Å². The summed E-state index contributed by atoms with van der Waals surface area (Å²) in [5, 5.41) is 0.0211. The van der Waals surface area contributed by atoms with Crippen molar-refractivity contribution >= 4 is 22.4 Å². The van der Waals surface area contributed by atoms with Crippen LogP contribution in [0.4, 0.5) is 4.39 Å². The molecule has 0 saturated carbocycles. The van der Waals surface area contributed by atoms with Crippen LogP contribution in [0.25, 0.3) is 0 Å². The van der Waals surface area contributed by atoms with E-state index >= 15 is 0 Å². The second-order valence-corrected chi connectivity index (χ2v) is 5.45. The van der Waals surface area contributed by atoms with E-state index in [2.05, 4.69) is 0 Å². The molecule has 1 aromatic rings. The van der Waals surface area contributed by atoms with E-state index in [0.717, 1.165) is 19.3 Å². The third-order valence-corrected chi connectivity index (χ3v) is 3.92. The number of halogens is 2. The van der Waals surface area contributed by atoms with Gasteiger partial charge in [-0.2, -0.15) is 0 Å². The van der Waals surface area contributed by atoms with Crippen LogP contribution in [0.2, 0.25) is 5.02 Å². The molecule has 0 fully saturated rings. The van der Waals surface area contributed by atoms with E-state index in [1.165, 1.54) is 18.2 Å². The lowest BCUT2D eigenvalue weighted by atomic mass is 10.2. The lowest BCUT2D eigenvalue weighted by Crippen LogP contribution is -2.02. The molecule has 2 N–H and O–H groups in total.